The number of H-pyrrole nitrogens is 1. The fraction of sp³-hybridized carbons (Fsp3) is 0.263. The first kappa shape index (κ1) is 17.4. The highest BCUT2D eigenvalue weighted by molar-refractivity contribution is 9.10. The van der Waals surface area contributed by atoms with Gasteiger partial charge in [0.2, 0.25) is 0 Å². The molecule has 1 aliphatic heterocycles. The molecular formula is C19H17BrClN3O2. The number of rotatable bonds is 3. The van der Waals surface area contributed by atoms with Gasteiger partial charge in [0.25, 0.3) is 5.91 Å². The minimum absolute atomic E-state index is 0.0384. The van der Waals surface area contributed by atoms with Gasteiger partial charge in [0.05, 0.1) is 5.52 Å². The Morgan fingerprint density at radius 3 is 2.65 bits per heavy atom. The second-order valence-electron chi connectivity index (χ2n) is 6.33. The first-order chi connectivity index (χ1) is 12.6. The predicted octanol–water partition coefficient (Wildman–Crippen LogP) is 4.66. The number of nitrogens with zero attached hydrogens (tertiary/aromatic N) is 2. The lowest BCUT2D eigenvalue weighted by Crippen LogP contribution is -2.42. The average molecular weight is 435 g/mol. The summed E-state index contributed by atoms with van der Waals surface area (Å²) in [5.74, 6) is 0.770. The monoisotopic (exact) mass is 433 g/mol. The van der Waals surface area contributed by atoms with E-state index < -0.39 is 0 Å². The fourth-order valence-electron chi connectivity index (χ4n) is 3.19. The van der Waals surface area contributed by atoms with Crippen LogP contribution in [-0.4, -0.2) is 40.2 Å². The van der Waals surface area contributed by atoms with Crippen LogP contribution >= 0.6 is 27.5 Å². The van der Waals surface area contributed by atoms with Gasteiger partial charge in [-0.1, -0.05) is 27.5 Å². The molecule has 0 spiro atoms. The van der Waals surface area contributed by atoms with Gasteiger partial charge >= 0.3 is 0 Å². The van der Waals surface area contributed by atoms with E-state index in [4.69, 9.17) is 16.3 Å². The summed E-state index contributed by atoms with van der Waals surface area (Å²) in [6.45, 7) is 1.31. The van der Waals surface area contributed by atoms with Crippen molar-refractivity contribution in [2.45, 2.75) is 18.9 Å². The van der Waals surface area contributed by atoms with Crippen LogP contribution in [0.5, 0.6) is 5.75 Å². The molecule has 0 radical (unpaired) electrons. The van der Waals surface area contributed by atoms with Crippen molar-refractivity contribution in [3.63, 3.8) is 0 Å². The number of nitrogens with one attached hydrogen (secondary N) is 1. The summed E-state index contributed by atoms with van der Waals surface area (Å²) < 4.78 is 6.94. The highest BCUT2D eigenvalue weighted by atomic mass is 79.9. The number of carbonyl (C=O) groups excluding carboxylic acids is 1. The van der Waals surface area contributed by atoms with E-state index in [2.05, 4.69) is 26.1 Å². The van der Waals surface area contributed by atoms with Crippen LogP contribution < -0.4 is 4.74 Å². The van der Waals surface area contributed by atoms with Crippen molar-refractivity contribution in [1.82, 2.24) is 15.1 Å². The van der Waals surface area contributed by atoms with Crippen LogP contribution in [0.3, 0.4) is 0 Å². The van der Waals surface area contributed by atoms with Crippen LogP contribution in [0.2, 0.25) is 5.02 Å². The summed E-state index contributed by atoms with van der Waals surface area (Å²) in [6.07, 6.45) is 1.69. The van der Waals surface area contributed by atoms with Crippen LogP contribution in [0.4, 0.5) is 0 Å². The zero-order valence-corrected chi connectivity index (χ0v) is 16.3. The topological polar surface area (TPSA) is 58.2 Å². The van der Waals surface area contributed by atoms with Crippen LogP contribution in [0.25, 0.3) is 10.9 Å². The molecule has 1 fully saturated rings. The molecule has 1 amide bonds. The van der Waals surface area contributed by atoms with Crippen molar-refractivity contribution in [2.75, 3.05) is 13.1 Å². The molecule has 4 rings (SSSR count). The second-order valence-corrected chi connectivity index (χ2v) is 7.68. The van der Waals surface area contributed by atoms with Gasteiger partial charge in [-0.3, -0.25) is 9.89 Å². The summed E-state index contributed by atoms with van der Waals surface area (Å²) in [7, 11) is 0. The van der Waals surface area contributed by atoms with Gasteiger partial charge in [0.15, 0.2) is 5.69 Å². The molecule has 5 nitrogen and oxygen atoms in total. The van der Waals surface area contributed by atoms with Crippen LogP contribution in [0.15, 0.2) is 46.9 Å². The number of carbonyl (C=O) groups is 1. The zero-order valence-electron chi connectivity index (χ0n) is 13.9. The Kier molecular flexibility index (Phi) is 4.87. The largest absolute Gasteiger partial charge is 0.490 e. The van der Waals surface area contributed by atoms with E-state index in [0.717, 1.165) is 34.0 Å². The molecule has 1 N–H and O–H groups in total. The quantitative estimate of drug-likeness (QED) is 0.652. The lowest BCUT2D eigenvalue weighted by molar-refractivity contribution is 0.0592. The predicted molar refractivity (Wildman–Crippen MR) is 105 cm³/mol. The molecule has 7 heteroatoms. The molecule has 2 heterocycles. The molecule has 134 valence electrons. The number of hydrogen-bond acceptors (Lipinski definition) is 3. The van der Waals surface area contributed by atoms with Crippen molar-refractivity contribution < 1.29 is 9.53 Å². The van der Waals surface area contributed by atoms with Crippen LogP contribution in [0.1, 0.15) is 23.3 Å². The minimum Gasteiger partial charge on any atom is -0.490 e. The van der Waals surface area contributed by atoms with Crippen molar-refractivity contribution in [1.29, 1.82) is 0 Å². The van der Waals surface area contributed by atoms with Gasteiger partial charge in [0, 0.05) is 40.8 Å². The van der Waals surface area contributed by atoms with Gasteiger partial charge in [0.1, 0.15) is 11.9 Å². The molecular weight excluding hydrogens is 418 g/mol. The summed E-state index contributed by atoms with van der Waals surface area (Å²) in [4.78, 5) is 14.7. The van der Waals surface area contributed by atoms with Gasteiger partial charge in [-0.25, -0.2) is 0 Å². The number of halogens is 2. The highest BCUT2D eigenvalue weighted by Crippen LogP contribution is 2.24. The number of benzene rings is 2. The third-order valence-corrected chi connectivity index (χ3v) is 5.32. The number of piperidine rings is 1. The van der Waals surface area contributed by atoms with Gasteiger partial charge < -0.3 is 9.64 Å². The number of ether oxygens (including phenoxy) is 1. The van der Waals surface area contributed by atoms with E-state index >= 15 is 0 Å². The molecule has 3 aromatic rings. The normalized spacial score (nSPS) is 15.4. The van der Waals surface area contributed by atoms with E-state index in [9.17, 15) is 4.79 Å². The molecule has 0 saturated carbocycles. The molecule has 0 aliphatic carbocycles. The third kappa shape index (κ3) is 3.57. The molecule has 0 atom stereocenters. The number of fused-ring (bicyclic) bond motifs is 1. The van der Waals surface area contributed by atoms with E-state index in [1.54, 1.807) is 0 Å². The Morgan fingerprint density at radius 1 is 1.19 bits per heavy atom. The number of aromatic amines is 1. The van der Waals surface area contributed by atoms with E-state index in [1.807, 2.05) is 47.4 Å². The molecule has 1 aliphatic rings. The zero-order chi connectivity index (χ0) is 18.1. The first-order valence-electron chi connectivity index (χ1n) is 8.45. The van der Waals surface area contributed by atoms with E-state index in [-0.39, 0.29) is 12.0 Å². The molecule has 0 bridgehead atoms. The van der Waals surface area contributed by atoms with E-state index in [1.165, 1.54) is 0 Å². The van der Waals surface area contributed by atoms with Crippen LogP contribution in [0, 0.1) is 0 Å². The van der Waals surface area contributed by atoms with Crippen molar-refractivity contribution in [3.8, 4) is 5.75 Å². The maximum absolute atomic E-state index is 12.8. The minimum atomic E-state index is -0.0384. The molecule has 1 aromatic heterocycles. The summed E-state index contributed by atoms with van der Waals surface area (Å²) in [5.41, 5.74) is 1.33. The average Bonchev–Trinajstić information content (AvgIpc) is 3.06. The van der Waals surface area contributed by atoms with Crippen molar-refractivity contribution in [2.24, 2.45) is 0 Å². The van der Waals surface area contributed by atoms with Gasteiger partial charge in [-0.15, -0.1) is 0 Å². The maximum atomic E-state index is 12.8. The number of hydrogen-bond donors (Lipinski definition) is 1. The first-order valence-corrected chi connectivity index (χ1v) is 9.62. The fourth-order valence-corrected chi connectivity index (χ4v) is 3.67. The molecule has 0 unspecified atom stereocenters. The van der Waals surface area contributed by atoms with Gasteiger partial charge in [-0.05, 0) is 42.5 Å². The third-order valence-electron chi connectivity index (χ3n) is 4.57. The molecule has 2 aromatic carbocycles. The standard InChI is InChI=1S/C19H17BrClN3O2/c20-12-1-6-16-17(11-12)22-23-18(16)19(25)24-9-7-15(8-10-24)26-14-4-2-13(21)3-5-14/h1-6,11,15H,7-10H2,(H,22,23). The highest BCUT2D eigenvalue weighted by Gasteiger charge is 2.27. The molecule has 26 heavy (non-hydrogen) atoms. The number of aromatic nitrogens is 2. The SMILES string of the molecule is O=C(c1n[nH]c2cc(Br)ccc12)N1CCC(Oc2ccc(Cl)cc2)CC1. The second kappa shape index (κ2) is 7.29. The number of likely N-dealkylation sites (tertiary alicyclic amines) is 1. The Balaban J connectivity index is 1.40. The Morgan fingerprint density at radius 2 is 1.92 bits per heavy atom. The lowest BCUT2D eigenvalue weighted by Gasteiger charge is -2.31. The summed E-state index contributed by atoms with van der Waals surface area (Å²) >= 11 is 9.33. The maximum Gasteiger partial charge on any atom is 0.274 e. The van der Waals surface area contributed by atoms with Crippen LogP contribution in [-0.2, 0) is 0 Å². The Hall–Kier alpha value is -2.05. The Labute approximate surface area is 164 Å². The van der Waals surface area contributed by atoms with Crippen molar-refractivity contribution >= 4 is 44.3 Å². The smallest absolute Gasteiger partial charge is 0.274 e. The summed E-state index contributed by atoms with van der Waals surface area (Å²) in [6, 6.07) is 13.1. The number of amides is 1. The summed E-state index contributed by atoms with van der Waals surface area (Å²) in [5, 5.41) is 8.69. The van der Waals surface area contributed by atoms with Crippen molar-refractivity contribution in [3.05, 3.63) is 57.7 Å². The molecule has 1 saturated heterocycles. The van der Waals surface area contributed by atoms with Gasteiger partial charge in [-0.2, -0.15) is 5.10 Å². The Bertz CT molecular complexity index is 934. The lowest BCUT2D eigenvalue weighted by atomic mass is 10.1. The van der Waals surface area contributed by atoms with E-state index in [0.29, 0.717) is 23.8 Å².